The van der Waals surface area contributed by atoms with E-state index in [9.17, 15) is 4.79 Å². The minimum absolute atomic E-state index is 0.0285. The maximum Gasteiger partial charge on any atom is 0.221 e. The summed E-state index contributed by atoms with van der Waals surface area (Å²) in [5.41, 5.74) is 5.95. The molecule has 0 radical (unpaired) electrons. The Labute approximate surface area is 111 Å². The summed E-state index contributed by atoms with van der Waals surface area (Å²) >= 11 is 0. The Morgan fingerprint density at radius 1 is 1.32 bits per heavy atom. The van der Waals surface area contributed by atoms with Gasteiger partial charge < -0.3 is 10.7 Å². The Morgan fingerprint density at radius 2 is 2.16 bits per heavy atom. The fraction of sp³-hybridized carbons (Fsp3) is 0.308. The summed E-state index contributed by atoms with van der Waals surface area (Å²) in [6, 6.07) is 7.85. The van der Waals surface area contributed by atoms with Gasteiger partial charge in [-0.15, -0.1) is 5.10 Å². The molecule has 0 spiro atoms. The first-order valence-electron chi connectivity index (χ1n) is 6.27. The predicted molar refractivity (Wildman–Crippen MR) is 74.5 cm³/mol. The Morgan fingerprint density at radius 3 is 3.00 bits per heavy atom. The van der Waals surface area contributed by atoms with Crippen molar-refractivity contribution in [3.05, 3.63) is 30.5 Å². The molecule has 1 aromatic carbocycles. The summed E-state index contributed by atoms with van der Waals surface area (Å²) in [6.45, 7) is 3.08. The maximum absolute atomic E-state index is 11.3. The third-order valence-electron chi connectivity index (χ3n) is 2.63. The summed E-state index contributed by atoms with van der Waals surface area (Å²) in [7, 11) is 0. The lowest BCUT2D eigenvalue weighted by molar-refractivity contribution is -0.120. The number of carbonyl (C=O) groups excluding carboxylic acids is 1. The molecule has 0 saturated carbocycles. The van der Waals surface area contributed by atoms with Gasteiger partial charge in [0.05, 0.1) is 6.20 Å². The van der Waals surface area contributed by atoms with Crippen LogP contribution in [0.1, 0.15) is 13.3 Å². The van der Waals surface area contributed by atoms with Gasteiger partial charge in [0.2, 0.25) is 5.91 Å². The second-order valence-corrected chi connectivity index (χ2v) is 4.04. The monoisotopic (exact) mass is 259 g/mol. The number of carbonyl (C=O) groups is 1. The van der Waals surface area contributed by atoms with E-state index in [2.05, 4.69) is 26.4 Å². The first kappa shape index (κ1) is 13.2. The van der Waals surface area contributed by atoms with E-state index in [-0.39, 0.29) is 5.91 Å². The van der Waals surface area contributed by atoms with Gasteiger partial charge in [-0.05, 0) is 6.92 Å². The second kappa shape index (κ2) is 6.65. The number of nitrogens with one attached hydrogen (secondary N) is 3. The molecule has 100 valence electrons. The van der Waals surface area contributed by atoms with Crippen molar-refractivity contribution in [2.24, 2.45) is 0 Å². The minimum atomic E-state index is 0.0285. The number of hydrogen-bond donors (Lipinski definition) is 3. The number of amides is 1. The Balaban J connectivity index is 1.90. The van der Waals surface area contributed by atoms with Crippen LogP contribution >= 0.6 is 0 Å². The highest BCUT2D eigenvalue weighted by molar-refractivity contribution is 5.90. The molecule has 0 aliphatic rings. The van der Waals surface area contributed by atoms with Gasteiger partial charge in [0.15, 0.2) is 5.82 Å². The van der Waals surface area contributed by atoms with E-state index in [0.29, 0.717) is 25.3 Å². The van der Waals surface area contributed by atoms with Crippen molar-refractivity contribution in [2.45, 2.75) is 13.3 Å². The number of aromatic nitrogens is 2. The molecule has 0 fully saturated rings. The van der Waals surface area contributed by atoms with Gasteiger partial charge in [-0.2, -0.15) is 5.10 Å². The Bertz CT molecular complexity index is 552. The fourth-order valence-corrected chi connectivity index (χ4v) is 1.73. The zero-order chi connectivity index (χ0) is 13.5. The molecular formula is C13H17N5O. The topological polar surface area (TPSA) is 78.9 Å². The molecule has 19 heavy (non-hydrogen) atoms. The van der Waals surface area contributed by atoms with Crippen LogP contribution < -0.4 is 16.2 Å². The van der Waals surface area contributed by atoms with Gasteiger partial charge >= 0.3 is 0 Å². The van der Waals surface area contributed by atoms with Crippen LogP contribution in [0.3, 0.4) is 0 Å². The maximum atomic E-state index is 11.3. The summed E-state index contributed by atoms with van der Waals surface area (Å²) in [5, 5.41) is 12.7. The molecule has 1 aromatic heterocycles. The number of anilines is 1. The average molecular weight is 259 g/mol. The first-order chi connectivity index (χ1) is 9.31. The van der Waals surface area contributed by atoms with Crippen molar-refractivity contribution >= 4 is 22.5 Å². The van der Waals surface area contributed by atoms with Gasteiger partial charge in [-0.3, -0.25) is 4.79 Å². The Kier molecular flexibility index (Phi) is 4.63. The van der Waals surface area contributed by atoms with Gasteiger partial charge in [-0.25, -0.2) is 5.43 Å². The van der Waals surface area contributed by atoms with E-state index in [1.54, 1.807) is 6.20 Å². The minimum Gasteiger partial charge on any atom is -0.356 e. The third kappa shape index (κ3) is 3.62. The van der Waals surface area contributed by atoms with E-state index in [0.717, 1.165) is 10.8 Å². The quantitative estimate of drug-likeness (QED) is 0.534. The largest absolute Gasteiger partial charge is 0.356 e. The zero-order valence-corrected chi connectivity index (χ0v) is 10.8. The smallest absolute Gasteiger partial charge is 0.221 e. The highest BCUT2D eigenvalue weighted by Crippen LogP contribution is 2.18. The van der Waals surface area contributed by atoms with E-state index in [1.807, 2.05) is 31.2 Å². The average Bonchev–Trinajstić information content (AvgIpc) is 2.44. The standard InChI is InChI=1S/C13H17N5O/c1-2-14-12(19)7-8-15-17-13-11-6-4-3-5-10(11)9-16-18-13/h3-6,9,15H,2,7-8H2,1H3,(H,14,19)(H,17,18). The van der Waals surface area contributed by atoms with Crippen molar-refractivity contribution in [1.82, 2.24) is 20.9 Å². The molecule has 0 atom stereocenters. The van der Waals surface area contributed by atoms with Gasteiger partial charge in [-0.1, -0.05) is 24.3 Å². The molecular weight excluding hydrogens is 242 g/mol. The van der Waals surface area contributed by atoms with Crippen LogP contribution in [0.2, 0.25) is 0 Å². The van der Waals surface area contributed by atoms with E-state index in [1.165, 1.54) is 0 Å². The molecule has 0 aliphatic carbocycles. The van der Waals surface area contributed by atoms with Gasteiger partial charge in [0, 0.05) is 30.3 Å². The van der Waals surface area contributed by atoms with Crippen molar-refractivity contribution in [2.75, 3.05) is 18.5 Å². The number of rotatable bonds is 6. The molecule has 3 N–H and O–H groups in total. The fourth-order valence-electron chi connectivity index (χ4n) is 1.73. The predicted octanol–water partition coefficient (Wildman–Crippen LogP) is 1.07. The SMILES string of the molecule is CCNC(=O)CCNNc1nncc2ccccc12. The van der Waals surface area contributed by atoms with Crippen molar-refractivity contribution in [1.29, 1.82) is 0 Å². The van der Waals surface area contributed by atoms with Crippen LogP contribution in [0.5, 0.6) is 0 Å². The van der Waals surface area contributed by atoms with Crippen LogP contribution in [-0.2, 0) is 4.79 Å². The summed E-state index contributed by atoms with van der Waals surface area (Å²) in [6.07, 6.45) is 2.13. The van der Waals surface area contributed by atoms with Crippen molar-refractivity contribution < 1.29 is 4.79 Å². The Hall–Kier alpha value is -2.21. The van der Waals surface area contributed by atoms with Crippen molar-refractivity contribution in [3.63, 3.8) is 0 Å². The normalized spacial score (nSPS) is 10.4. The van der Waals surface area contributed by atoms with Crippen LogP contribution in [0.25, 0.3) is 10.8 Å². The van der Waals surface area contributed by atoms with E-state index >= 15 is 0 Å². The highest BCUT2D eigenvalue weighted by atomic mass is 16.1. The lowest BCUT2D eigenvalue weighted by atomic mass is 10.2. The van der Waals surface area contributed by atoms with E-state index < -0.39 is 0 Å². The van der Waals surface area contributed by atoms with Gasteiger partial charge in [0.25, 0.3) is 0 Å². The van der Waals surface area contributed by atoms with Crippen LogP contribution in [0, 0.1) is 0 Å². The summed E-state index contributed by atoms with van der Waals surface area (Å²) < 4.78 is 0. The molecule has 0 aliphatic heterocycles. The summed E-state index contributed by atoms with van der Waals surface area (Å²) in [4.78, 5) is 11.3. The molecule has 2 aromatic rings. The first-order valence-corrected chi connectivity index (χ1v) is 6.27. The molecule has 1 heterocycles. The number of fused-ring (bicyclic) bond motifs is 1. The number of benzene rings is 1. The van der Waals surface area contributed by atoms with Crippen LogP contribution in [0.4, 0.5) is 5.82 Å². The number of nitrogens with zero attached hydrogens (tertiary/aromatic N) is 2. The molecule has 2 rings (SSSR count). The number of hydrazine groups is 1. The molecule has 0 saturated heterocycles. The third-order valence-corrected chi connectivity index (χ3v) is 2.63. The van der Waals surface area contributed by atoms with Gasteiger partial charge in [0.1, 0.15) is 0 Å². The van der Waals surface area contributed by atoms with Crippen molar-refractivity contribution in [3.8, 4) is 0 Å². The molecule has 6 heteroatoms. The molecule has 0 bridgehead atoms. The van der Waals surface area contributed by atoms with Crippen LogP contribution in [-0.4, -0.2) is 29.2 Å². The molecule has 1 amide bonds. The lowest BCUT2D eigenvalue weighted by Gasteiger charge is -2.09. The van der Waals surface area contributed by atoms with E-state index in [4.69, 9.17) is 0 Å². The zero-order valence-electron chi connectivity index (χ0n) is 10.8. The summed E-state index contributed by atoms with van der Waals surface area (Å²) in [5.74, 6) is 0.690. The molecule has 0 unspecified atom stereocenters. The lowest BCUT2D eigenvalue weighted by Crippen LogP contribution is -2.30. The second-order valence-electron chi connectivity index (χ2n) is 4.04. The number of hydrogen-bond acceptors (Lipinski definition) is 5. The highest BCUT2D eigenvalue weighted by Gasteiger charge is 2.02. The van der Waals surface area contributed by atoms with Crippen LogP contribution in [0.15, 0.2) is 30.5 Å². The molecule has 6 nitrogen and oxygen atoms in total.